The number of phenols is 2. The molecule has 0 heterocycles. The maximum Gasteiger partial charge on any atom is 0.240 e. The standard InChI is InChI=1S/C9H6N2O2.C7H9NO.C6H8N2.C6H7NO/c1-7-2-3-8(10-5-12)4-9(7)11-6-13;1-8-6-2-4-7(9)5-3-6;7-5-1-2-6(8)4-3-5;7-5-1-3-6(8)4-2-5/h2-4H,1H3;2-5,8-9H,1H3;1-4H,7-8H2;1-4,8H,7H2. The van der Waals surface area contributed by atoms with Crippen LogP contribution >= 0.6 is 0 Å². The van der Waals surface area contributed by atoms with Gasteiger partial charge in [0.05, 0.1) is 11.4 Å². The Balaban J connectivity index is 0.000000259. The number of anilines is 4. The number of carbonyl (C=O) groups excluding carboxylic acids is 2. The van der Waals surface area contributed by atoms with Gasteiger partial charge in [-0.25, -0.2) is 9.59 Å². The van der Waals surface area contributed by atoms with Crippen LogP contribution in [0.2, 0.25) is 0 Å². The first-order chi connectivity index (χ1) is 18.2. The van der Waals surface area contributed by atoms with Gasteiger partial charge in [-0.2, -0.15) is 9.98 Å². The molecule has 196 valence electrons. The average molecular weight is 515 g/mol. The zero-order valence-electron chi connectivity index (χ0n) is 21.0. The Bertz CT molecular complexity index is 1260. The van der Waals surface area contributed by atoms with E-state index in [1.807, 2.05) is 19.2 Å². The molecule has 4 aromatic carbocycles. The minimum atomic E-state index is 0.249. The number of aryl methyl sites for hydroxylation is 1. The molecule has 0 aliphatic carbocycles. The van der Waals surface area contributed by atoms with Crippen molar-refractivity contribution in [1.82, 2.24) is 0 Å². The van der Waals surface area contributed by atoms with Gasteiger partial charge in [-0.05, 0) is 97.4 Å². The molecule has 0 aliphatic rings. The second kappa shape index (κ2) is 17.0. The van der Waals surface area contributed by atoms with Gasteiger partial charge in [0.15, 0.2) is 0 Å². The largest absolute Gasteiger partial charge is 0.508 e. The van der Waals surface area contributed by atoms with Crippen molar-refractivity contribution < 1.29 is 19.8 Å². The summed E-state index contributed by atoms with van der Waals surface area (Å²) in [4.78, 5) is 26.8. The minimum absolute atomic E-state index is 0.249. The van der Waals surface area contributed by atoms with Gasteiger partial charge in [-0.3, -0.25) is 0 Å². The number of nitrogens with one attached hydrogen (secondary N) is 1. The van der Waals surface area contributed by atoms with E-state index in [-0.39, 0.29) is 5.75 Å². The lowest BCUT2D eigenvalue weighted by molar-refractivity contribution is 0.475. The Kier molecular flexibility index (Phi) is 13.6. The summed E-state index contributed by atoms with van der Waals surface area (Å²) in [6, 6.07) is 25.3. The number of hydrogen-bond donors (Lipinski definition) is 6. The summed E-state index contributed by atoms with van der Waals surface area (Å²) in [5, 5.41) is 20.5. The SMILES string of the molecule is CNc1ccc(O)cc1.Cc1ccc(N=C=O)cc1N=C=O.Nc1ccc(N)cc1.Nc1ccc(O)cc1. The van der Waals surface area contributed by atoms with Gasteiger partial charge in [0.1, 0.15) is 11.5 Å². The third kappa shape index (κ3) is 12.8. The molecule has 0 radical (unpaired) electrons. The van der Waals surface area contributed by atoms with E-state index in [4.69, 9.17) is 27.4 Å². The maximum atomic E-state index is 10.00. The lowest BCUT2D eigenvalue weighted by Crippen LogP contribution is -1.86. The summed E-state index contributed by atoms with van der Waals surface area (Å²) in [5.74, 6) is 0.549. The van der Waals surface area contributed by atoms with Gasteiger partial charge in [0.2, 0.25) is 12.2 Å². The Morgan fingerprint density at radius 1 is 0.658 bits per heavy atom. The van der Waals surface area contributed by atoms with Crippen LogP contribution in [0.15, 0.2) is 101 Å². The molecule has 0 amide bonds. The number of nitrogens with zero attached hydrogens (tertiary/aromatic N) is 2. The molecular formula is C28H30N6O4. The smallest absolute Gasteiger partial charge is 0.240 e. The monoisotopic (exact) mass is 514 g/mol. The molecule has 0 aromatic heterocycles. The predicted octanol–water partition coefficient (Wildman–Crippen LogP) is 5.19. The molecule has 10 nitrogen and oxygen atoms in total. The Hall–Kier alpha value is -5.56. The number of hydrogen-bond acceptors (Lipinski definition) is 10. The molecule has 9 N–H and O–H groups in total. The lowest BCUT2D eigenvalue weighted by Gasteiger charge is -1.97. The molecule has 4 aromatic rings. The summed E-state index contributed by atoms with van der Waals surface area (Å²) in [6.07, 6.45) is 2.84. The molecule has 0 aliphatic heterocycles. The zero-order chi connectivity index (χ0) is 28.3. The summed E-state index contributed by atoms with van der Waals surface area (Å²) in [7, 11) is 1.84. The highest BCUT2D eigenvalue weighted by Gasteiger charge is 1.97. The Labute approximate surface area is 220 Å². The van der Waals surface area contributed by atoms with Crippen LogP contribution < -0.4 is 22.5 Å². The van der Waals surface area contributed by atoms with Gasteiger partial charge in [0, 0.05) is 29.8 Å². The molecule has 0 spiro atoms. The lowest BCUT2D eigenvalue weighted by atomic mass is 10.2. The van der Waals surface area contributed by atoms with Crippen molar-refractivity contribution in [2.45, 2.75) is 6.92 Å². The van der Waals surface area contributed by atoms with Crippen molar-refractivity contribution in [3.05, 3.63) is 96.6 Å². The van der Waals surface area contributed by atoms with E-state index in [9.17, 15) is 9.59 Å². The maximum absolute atomic E-state index is 10.00. The first kappa shape index (κ1) is 30.5. The van der Waals surface area contributed by atoms with Crippen LogP contribution in [0.5, 0.6) is 11.5 Å². The third-order valence-electron chi connectivity index (χ3n) is 4.52. The Morgan fingerprint density at radius 3 is 1.47 bits per heavy atom. The van der Waals surface area contributed by atoms with Gasteiger partial charge >= 0.3 is 0 Å². The molecule has 38 heavy (non-hydrogen) atoms. The number of nitrogens with two attached hydrogens (primary N) is 3. The van der Waals surface area contributed by atoms with Gasteiger partial charge in [0.25, 0.3) is 0 Å². The quantitative estimate of drug-likeness (QED) is 0.0931. The second-order valence-corrected chi connectivity index (χ2v) is 7.43. The van der Waals surface area contributed by atoms with Gasteiger partial charge < -0.3 is 32.7 Å². The van der Waals surface area contributed by atoms with Crippen molar-refractivity contribution in [3.8, 4) is 11.5 Å². The van der Waals surface area contributed by atoms with Gasteiger partial charge in [-0.1, -0.05) is 6.07 Å². The molecule has 0 atom stereocenters. The Morgan fingerprint density at radius 2 is 1.08 bits per heavy atom. The molecule has 0 saturated carbocycles. The summed E-state index contributed by atoms with van der Waals surface area (Å²) < 4.78 is 0. The summed E-state index contributed by atoms with van der Waals surface area (Å²) in [6.45, 7) is 1.80. The fraction of sp³-hybridized carbons (Fsp3) is 0.0714. The molecule has 0 fully saturated rings. The fourth-order valence-corrected chi connectivity index (χ4v) is 2.49. The van der Waals surface area contributed by atoms with Crippen molar-refractivity contribution in [2.75, 3.05) is 29.6 Å². The molecule has 4 rings (SSSR count). The van der Waals surface area contributed by atoms with E-state index in [1.54, 1.807) is 79.7 Å². The topological polar surface area (TPSA) is 189 Å². The number of benzene rings is 4. The first-order valence-electron chi connectivity index (χ1n) is 11.1. The number of phenolic OH excluding ortho intramolecular Hbond substituents is 2. The average Bonchev–Trinajstić information content (AvgIpc) is 2.91. The number of rotatable bonds is 3. The molecule has 0 bridgehead atoms. The van der Waals surface area contributed by atoms with Crippen LogP contribution in [-0.4, -0.2) is 29.4 Å². The second-order valence-electron chi connectivity index (χ2n) is 7.43. The number of aliphatic imine (C=N–C) groups is 2. The van der Waals surface area contributed by atoms with Crippen molar-refractivity contribution in [2.24, 2.45) is 9.98 Å². The van der Waals surface area contributed by atoms with Crippen LogP contribution in [0.3, 0.4) is 0 Å². The normalized spacial score (nSPS) is 8.79. The van der Waals surface area contributed by atoms with Crippen LogP contribution in [0.4, 0.5) is 34.1 Å². The highest BCUT2D eigenvalue weighted by molar-refractivity contribution is 5.61. The highest BCUT2D eigenvalue weighted by atomic mass is 16.3. The molecule has 10 heteroatoms. The van der Waals surface area contributed by atoms with Crippen molar-refractivity contribution >= 4 is 46.3 Å². The zero-order valence-corrected chi connectivity index (χ0v) is 21.0. The summed E-state index contributed by atoms with van der Waals surface area (Å²) in [5.41, 5.74) is 20.9. The van der Waals surface area contributed by atoms with Crippen LogP contribution in [0.25, 0.3) is 0 Å². The predicted molar refractivity (Wildman–Crippen MR) is 152 cm³/mol. The first-order valence-corrected chi connectivity index (χ1v) is 11.1. The molecule has 0 saturated heterocycles. The highest BCUT2D eigenvalue weighted by Crippen LogP contribution is 2.23. The van der Waals surface area contributed by atoms with Crippen molar-refractivity contribution in [1.29, 1.82) is 0 Å². The van der Waals surface area contributed by atoms with E-state index >= 15 is 0 Å². The number of isocyanates is 2. The minimum Gasteiger partial charge on any atom is -0.508 e. The van der Waals surface area contributed by atoms with Crippen molar-refractivity contribution in [3.63, 3.8) is 0 Å². The van der Waals surface area contributed by atoms with E-state index in [0.717, 1.165) is 22.6 Å². The van der Waals surface area contributed by atoms with Crippen LogP contribution in [-0.2, 0) is 9.59 Å². The van der Waals surface area contributed by atoms with E-state index in [0.29, 0.717) is 22.8 Å². The fourth-order valence-electron chi connectivity index (χ4n) is 2.49. The number of aromatic hydroxyl groups is 2. The van der Waals surface area contributed by atoms with E-state index in [1.165, 1.54) is 18.2 Å². The molecule has 0 unspecified atom stereocenters. The van der Waals surface area contributed by atoms with Crippen LogP contribution in [0, 0.1) is 6.92 Å². The van der Waals surface area contributed by atoms with E-state index in [2.05, 4.69) is 15.3 Å². The van der Waals surface area contributed by atoms with Crippen LogP contribution in [0.1, 0.15) is 5.56 Å². The van der Waals surface area contributed by atoms with E-state index < -0.39 is 0 Å². The number of nitrogen functional groups attached to an aromatic ring is 3. The van der Waals surface area contributed by atoms with Gasteiger partial charge in [-0.15, -0.1) is 0 Å². The summed E-state index contributed by atoms with van der Waals surface area (Å²) >= 11 is 0. The third-order valence-corrected chi connectivity index (χ3v) is 4.52. The molecular weight excluding hydrogens is 484 g/mol.